The topological polar surface area (TPSA) is 106 Å². The van der Waals surface area contributed by atoms with Gasteiger partial charge in [0, 0.05) is 11.3 Å². The molecule has 0 saturated heterocycles. The number of carboxylic acid groups (broad SMARTS) is 1. The third kappa shape index (κ3) is 5.39. The van der Waals surface area contributed by atoms with Gasteiger partial charge < -0.3 is 14.8 Å². The SMILES string of the molecule is O=C(O)c1ccc(-c2ccc(CNCCCSc3nnnn3-c3ccccc3)o2)cc1. The Kier molecular flexibility index (Phi) is 6.75. The van der Waals surface area contributed by atoms with Gasteiger partial charge in [-0.1, -0.05) is 42.1 Å². The lowest BCUT2D eigenvalue weighted by Gasteiger charge is -2.05. The molecule has 8 nitrogen and oxygen atoms in total. The molecular weight excluding hydrogens is 414 g/mol. The van der Waals surface area contributed by atoms with Crippen molar-refractivity contribution < 1.29 is 14.3 Å². The van der Waals surface area contributed by atoms with Crippen LogP contribution in [0, 0.1) is 0 Å². The molecule has 9 heteroatoms. The molecule has 0 unspecified atom stereocenters. The van der Waals surface area contributed by atoms with Gasteiger partial charge in [-0.15, -0.1) is 5.10 Å². The molecule has 31 heavy (non-hydrogen) atoms. The number of hydrogen-bond donors (Lipinski definition) is 2. The molecule has 4 aromatic rings. The second-order valence-corrected chi connectivity index (χ2v) is 7.80. The summed E-state index contributed by atoms with van der Waals surface area (Å²) in [6, 6.07) is 20.3. The summed E-state index contributed by atoms with van der Waals surface area (Å²) in [4.78, 5) is 11.0. The molecule has 0 bridgehead atoms. The van der Waals surface area contributed by atoms with Crippen LogP contribution in [-0.4, -0.2) is 43.6 Å². The van der Waals surface area contributed by atoms with Crippen molar-refractivity contribution in [1.29, 1.82) is 0 Å². The minimum Gasteiger partial charge on any atom is -0.478 e. The van der Waals surface area contributed by atoms with Crippen molar-refractivity contribution in [2.45, 2.75) is 18.1 Å². The Balaban J connectivity index is 1.20. The summed E-state index contributed by atoms with van der Waals surface area (Å²) in [5.41, 5.74) is 2.05. The van der Waals surface area contributed by atoms with Gasteiger partial charge in [0.2, 0.25) is 5.16 Å². The molecule has 2 N–H and O–H groups in total. The molecule has 0 saturated carbocycles. The Morgan fingerprint density at radius 3 is 2.65 bits per heavy atom. The van der Waals surface area contributed by atoms with E-state index in [0.717, 1.165) is 46.6 Å². The van der Waals surface area contributed by atoms with Crippen LogP contribution in [0.25, 0.3) is 17.0 Å². The van der Waals surface area contributed by atoms with E-state index in [4.69, 9.17) is 9.52 Å². The Bertz CT molecular complexity index is 1130. The number of carbonyl (C=O) groups is 1. The van der Waals surface area contributed by atoms with Gasteiger partial charge in [-0.2, -0.15) is 4.68 Å². The van der Waals surface area contributed by atoms with Crippen LogP contribution in [0.5, 0.6) is 0 Å². The van der Waals surface area contributed by atoms with Gasteiger partial charge in [-0.25, -0.2) is 4.79 Å². The molecule has 4 rings (SSSR count). The highest BCUT2D eigenvalue weighted by Gasteiger charge is 2.09. The zero-order valence-corrected chi connectivity index (χ0v) is 17.5. The van der Waals surface area contributed by atoms with Crippen LogP contribution < -0.4 is 5.32 Å². The summed E-state index contributed by atoms with van der Waals surface area (Å²) >= 11 is 1.62. The number of nitrogens with one attached hydrogen (secondary N) is 1. The quantitative estimate of drug-likeness (QED) is 0.285. The molecule has 0 fully saturated rings. The fraction of sp³-hybridized carbons (Fsp3) is 0.182. The molecule has 158 valence electrons. The van der Waals surface area contributed by atoms with E-state index in [0.29, 0.717) is 6.54 Å². The van der Waals surface area contributed by atoms with E-state index in [2.05, 4.69) is 20.8 Å². The number of hydrogen-bond acceptors (Lipinski definition) is 7. The van der Waals surface area contributed by atoms with Crippen LogP contribution >= 0.6 is 11.8 Å². The van der Waals surface area contributed by atoms with Crippen LogP contribution in [0.15, 0.2) is 76.3 Å². The number of aromatic carboxylic acids is 1. The molecule has 0 amide bonds. The normalized spacial score (nSPS) is 11.0. The fourth-order valence-electron chi connectivity index (χ4n) is 2.98. The van der Waals surface area contributed by atoms with E-state index in [1.807, 2.05) is 42.5 Å². The third-order valence-corrected chi connectivity index (χ3v) is 5.55. The predicted octanol–water partition coefficient (Wildman–Crippen LogP) is 3.89. The number of benzene rings is 2. The zero-order chi connectivity index (χ0) is 21.5. The van der Waals surface area contributed by atoms with Crippen molar-refractivity contribution in [2.24, 2.45) is 0 Å². The van der Waals surface area contributed by atoms with E-state index in [1.54, 1.807) is 40.7 Å². The number of tetrazole rings is 1. The van der Waals surface area contributed by atoms with E-state index >= 15 is 0 Å². The number of aromatic nitrogens is 4. The maximum absolute atomic E-state index is 11.0. The smallest absolute Gasteiger partial charge is 0.335 e. The van der Waals surface area contributed by atoms with Gasteiger partial charge in [0.05, 0.1) is 17.8 Å². The molecule has 2 heterocycles. The average molecular weight is 436 g/mol. The number of rotatable bonds is 10. The fourth-order valence-corrected chi connectivity index (χ4v) is 3.81. The van der Waals surface area contributed by atoms with Gasteiger partial charge in [0.1, 0.15) is 11.5 Å². The largest absolute Gasteiger partial charge is 0.478 e. The lowest BCUT2D eigenvalue weighted by Crippen LogP contribution is -2.14. The van der Waals surface area contributed by atoms with Crippen molar-refractivity contribution in [3.05, 3.63) is 78.1 Å². The van der Waals surface area contributed by atoms with Crippen molar-refractivity contribution in [3.8, 4) is 17.0 Å². The number of furan rings is 1. The number of thioether (sulfide) groups is 1. The highest BCUT2D eigenvalue weighted by Crippen LogP contribution is 2.23. The first-order valence-electron chi connectivity index (χ1n) is 9.80. The zero-order valence-electron chi connectivity index (χ0n) is 16.6. The molecule has 0 radical (unpaired) electrons. The Hall–Kier alpha value is -3.43. The van der Waals surface area contributed by atoms with Gasteiger partial charge in [-0.05, 0) is 59.8 Å². The maximum atomic E-state index is 11.0. The van der Waals surface area contributed by atoms with Crippen LogP contribution in [-0.2, 0) is 6.54 Å². The molecule has 0 aliphatic carbocycles. The van der Waals surface area contributed by atoms with Crippen molar-refractivity contribution in [2.75, 3.05) is 12.3 Å². The van der Waals surface area contributed by atoms with E-state index in [1.165, 1.54) is 0 Å². The second kappa shape index (κ2) is 10.1. The Morgan fingerprint density at radius 2 is 1.87 bits per heavy atom. The minimum atomic E-state index is -0.939. The first-order valence-corrected chi connectivity index (χ1v) is 10.8. The average Bonchev–Trinajstić information content (AvgIpc) is 3.46. The van der Waals surface area contributed by atoms with Crippen LogP contribution in [0.4, 0.5) is 0 Å². The van der Waals surface area contributed by atoms with Crippen molar-refractivity contribution in [3.63, 3.8) is 0 Å². The van der Waals surface area contributed by atoms with E-state index in [9.17, 15) is 4.79 Å². The summed E-state index contributed by atoms with van der Waals surface area (Å²) in [5.74, 6) is 1.50. The first kappa shape index (κ1) is 20.8. The second-order valence-electron chi connectivity index (χ2n) is 6.74. The highest BCUT2D eigenvalue weighted by molar-refractivity contribution is 7.99. The Labute approximate surface area is 183 Å². The van der Waals surface area contributed by atoms with E-state index in [-0.39, 0.29) is 5.56 Å². The number of carboxylic acids is 1. The van der Waals surface area contributed by atoms with Gasteiger partial charge >= 0.3 is 5.97 Å². The Morgan fingerprint density at radius 1 is 1.06 bits per heavy atom. The van der Waals surface area contributed by atoms with Crippen LogP contribution in [0.2, 0.25) is 0 Å². The lowest BCUT2D eigenvalue weighted by atomic mass is 10.1. The summed E-state index contributed by atoms with van der Waals surface area (Å²) in [6.45, 7) is 1.46. The van der Waals surface area contributed by atoms with Crippen LogP contribution in [0.3, 0.4) is 0 Å². The van der Waals surface area contributed by atoms with Gasteiger partial charge in [-0.3, -0.25) is 0 Å². The summed E-state index contributed by atoms with van der Waals surface area (Å²) < 4.78 is 7.60. The van der Waals surface area contributed by atoms with E-state index < -0.39 is 5.97 Å². The molecule has 0 atom stereocenters. The molecule has 0 aliphatic heterocycles. The molecule has 2 aromatic heterocycles. The first-order chi connectivity index (χ1) is 15.2. The minimum absolute atomic E-state index is 0.257. The molecular formula is C22H21N5O3S. The van der Waals surface area contributed by atoms with Gasteiger partial charge in [0.15, 0.2) is 0 Å². The number of nitrogens with zero attached hydrogens (tertiary/aromatic N) is 4. The van der Waals surface area contributed by atoms with Crippen molar-refractivity contribution in [1.82, 2.24) is 25.5 Å². The molecule has 2 aromatic carbocycles. The molecule has 0 aliphatic rings. The summed E-state index contributed by atoms with van der Waals surface area (Å²) in [5, 5.41) is 25.1. The predicted molar refractivity (Wildman–Crippen MR) is 117 cm³/mol. The van der Waals surface area contributed by atoms with Crippen LogP contribution in [0.1, 0.15) is 22.5 Å². The lowest BCUT2D eigenvalue weighted by molar-refractivity contribution is 0.0697. The standard InChI is InChI=1S/C22H21N5O3S/c28-21(29)17-9-7-16(8-10-17)20-12-11-19(30-20)15-23-13-4-14-31-22-24-25-26-27(22)18-5-2-1-3-6-18/h1-3,5-12,23H,4,13-15H2,(H,28,29). The highest BCUT2D eigenvalue weighted by atomic mass is 32.2. The third-order valence-electron chi connectivity index (χ3n) is 4.55. The van der Waals surface area contributed by atoms with Gasteiger partial charge in [0.25, 0.3) is 0 Å². The van der Waals surface area contributed by atoms with Crippen molar-refractivity contribution >= 4 is 17.7 Å². The summed E-state index contributed by atoms with van der Waals surface area (Å²) in [6.07, 6.45) is 0.955. The summed E-state index contributed by atoms with van der Waals surface area (Å²) in [7, 11) is 0. The monoisotopic (exact) mass is 435 g/mol. The molecule has 0 spiro atoms. The number of para-hydroxylation sites is 1. The maximum Gasteiger partial charge on any atom is 0.335 e.